The summed E-state index contributed by atoms with van der Waals surface area (Å²) >= 11 is 2.82. The Morgan fingerprint density at radius 1 is 1.07 bits per heavy atom. The molecule has 136 valence electrons. The number of anilines is 1. The second-order valence-corrected chi connectivity index (χ2v) is 7.96. The molecular formula is C20H16FN3OS2. The summed E-state index contributed by atoms with van der Waals surface area (Å²) in [6, 6.07) is 14.0. The van der Waals surface area contributed by atoms with E-state index in [1.807, 2.05) is 38.1 Å². The number of thiazole rings is 2. The predicted molar refractivity (Wildman–Crippen MR) is 109 cm³/mol. The fourth-order valence-electron chi connectivity index (χ4n) is 2.77. The molecule has 4 rings (SSSR count). The zero-order valence-electron chi connectivity index (χ0n) is 14.8. The molecule has 7 heteroatoms. The summed E-state index contributed by atoms with van der Waals surface area (Å²) in [4.78, 5) is 24.6. The Morgan fingerprint density at radius 2 is 1.81 bits per heavy atom. The van der Waals surface area contributed by atoms with E-state index in [4.69, 9.17) is 0 Å². The van der Waals surface area contributed by atoms with E-state index in [1.165, 1.54) is 34.8 Å². The molecule has 0 fully saturated rings. The summed E-state index contributed by atoms with van der Waals surface area (Å²) in [7, 11) is 0. The molecule has 0 saturated carbocycles. The van der Waals surface area contributed by atoms with Crippen molar-refractivity contribution in [3.05, 3.63) is 64.9 Å². The summed E-state index contributed by atoms with van der Waals surface area (Å²) in [5.74, 6) is -0.406. The molecule has 0 bridgehead atoms. The standard InChI is InChI=1S/C20H16FN3OS2/c1-3-24(20-23-15-6-4-5-7-16(15)26-20)19(25)17-12(2)22-18(27-17)13-8-10-14(21)11-9-13/h4-11H,3H2,1-2H3. The first-order chi connectivity index (χ1) is 13.1. The Morgan fingerprint density at radius 3 is 2.52 bits per heavy atom. The fourth-order valence-corrected chi connectivity index (χ4v) is 4.82. The van der Waals surface area contributed by atoms with E-state index in [1.54, 1.807) is 17.0 Å². The van der Waals surface area contributed by atoms with Gasteiger partial charge in [0, 0.05) is 12.1 Å². The van der Waals surface area contributed by atoms with E-state index in [0.29, 0.717) is 27.3 Å². The number of benzene rings is 2. The number of carbonyl (C=O) groups excluding carboxylic acids is 1. The lowest BCUT2D eigenvalue weighted by Gasteiger charge is -2.16. The topological polar surface area (TPSA) is 46.1 Å². The van der Waals surface area contributed by atoms with E-state index < -0.39 is 0 Å². The van der Waals surface area contributed by atoms with Crippen molar-refractivity contribution in [1.82, 2.24) is 9.97 Å². The van der Waals surface area contributed by atoms with Crippen LogP contribution in [0.4, 0.5) is 9.52 Å². The minimum Gasteiger partial charge on any atom is -0.283 e. The van der Waals surface area contributed by atoms with Crippen molar-refractivity contribution in [1.29, 1.82) is 0 Å². The van der Waals surface area contributed by atoms with Crippen LogP contribution in [0, 0.1) is 12.7 Å². The number of fused-ring (bicyclic) bond motifs is 1. The van der Waals surface area contributed by atoms with Crippen LogP contribution in [-0.4, -0.2) is 22.4 Å². The maximum atomic E-state index is 13.2. The van der Waals surface area contributed by atoms with Gasteiger partial charge in [0.25, 0.3) is 5.91 Å². The molecule has 0 N–H and O–H groups in total. The number of aromatic nitrogens is 2. The zero-order valence-corrected chi connectivity index (χ0v) is 16.4. The van der Waals surface area contributed by atoms with Crippen LogP contribution in [0.5, 0.6) is 0 Å². The van der Waals surface area contributed by atoms with E-state index >= 15 is 0 Å². The van der Waals surface area contributed by atoms with Crippen molar-refractivity contribution in [3.8, 4) is 10.6 Å². The highest BCUT2D eigenvalue weighted by atomic mass is 32.1. The summed E-state index contributed by atoms with van der Waals surface area (Å²) in [6.45, 7) is 4.27. The largest absolute Gasteiger partial charge is 0.283 e. The molecule has 4 aromatic rings. The van der Waals surface area contributed by atoms with Crippen molar-refractivity contribution < 1.29 is 9.18 Å². The van der Waals surface area contributed by atoms with Gasteiger partial charge in [-0.1, -0.05) is 23.5 Å². The molecule has 0 aliphatic heterocycles. The van der Waals surface area contributed by atoms with Gasteiger partial charge in [-0.2, -0.15) is 0 Å². The van der Waals surface area contributed by atoms with Gasteiger partial charge in [-0.15, -0.1) is 11.3 Å². The Labute approximate surface area is 163 Å². The van der Waals surface area contributed by atoms with Gasteiger partial charge in [-0.25, -0.2) is 14.4 Å². The average Bonchev–Trinajstić information content (AvgIpc) is 3.26. The highest BCUT2D eigenvalue weighted by Gasteiger charge is 2.24. The van der Waals surface area contributed by atoms with Gasteiger partial charge in [0.05, 0.1) is 15.9 Å². The molecule has 0 aliphatic rings. The SMILES string of the molecule is CCN(C(=O)c1sc(-c2ccc(F)cc2)nc1C)c1nc2ccccc2s1. The van der Waals surface area contributed by atoms with Crippen LogP contribution >= 0.6 is 22.7 Å². The predicted octanol–water partition coefficient (Wildman–Crippen LogP) is 5.53. The first kappa shape index (κ1) is 17.8. The molecule has 1 amide bonds. The average molecular weight is 398 g/mol. The van der Waals surface area contributed by atoms with E-state index in [0.717, 1.165) is 15.8 Å². The van der Waals surface area contributed by atoms with Crippen molar-refractivity contribution in [3.63, 3.8) is 0 Å². The van der Waals surface area contributed by atoms with Gasteiger partial charge >= 0.3 is 0 Å². The molecule has 0 aliphatic carbocycles. The monoisotopic (exact) mass is 397 g/mol. The number of para-hydroxylation sites is 1. The number of carbonyl (C=O) groups is 1. The van der Waals surface area contributed by atoms with Crippen molar-refractivity contribution in [2.75, 3.05) is 11.4 Å². The first-order valence-corrected chi connectivity index (χ1v) is 10.1. The minimum absolute atomic E-state index is 0.111. The van der Waals surface area contributed by atoms with Gasteiger partial charge in [0.2, 0.25) is 0 Å². The molecule has 2 aromatic carbocycles. The number of hydrogen-bond acceptors (Lipinski definition) is 5. The van der Waals surface area contributed by atoms with Gasteiger partial charge in [0.1, 0.15) is 15.7 Å². The molecule has 27 heavy (non-hydrogen) atoms. The maximum Gasteiger partial charge on any atom is 0.272 e. The summed E-state index contributed by atoms with van der Waals surface area (Å²) in [5, 5.41) is 1.39. The molecule has 0 atom stereocenters. The second-order valence-electron chi connectivity index (χ2n) is 5.95. The second kappa shape index (κ2) is 7.17. The summed E-state index contributed by atoms with van der Waals surface area (Å²) in [5.41, 5.74) is 2.35. The molecule has 0 unspecified atom stereocenters. The third-order valence-corrected chi connectivity index (χ3v) is 6.41. The Balaban J connectivity index is 1.69. The van der Waals surface area contributed by atoms with E-state index in [9.17, 15) is 9.18 Å². The smallest absolute Gasteiger partial charge is 0.272 e. The number of halogens is 1. The van der Waals surface area contributed by atoms with Crippen molar-refractivity contribution in [2.24, 2.45) is 0 Å². The number of rotatable bonds is 4. The Bertz CT molecular complexity index is 1080. The lowest BCUT2D eigenvalue weighted by atomic mass is 10.2. The lowest BCUT2D eigenvalue weighted by Crippen LogP contribution is -2.30. The molecule has 0 radical (unpaired) electrons. The zero-order chi connectivity index (χ0) is 19.0. The molecule has 0 saturated heterocycles. The number of aryl methyl sites for hydroxylation is 1. The fraction of sp³-hybridized carbons (Fsp3) is 0.150. The van der Waals surface area contributed by atoms with Gasteiger partial charge in [0.15, 0.2) is 5.13 Å². The third-order valence-electron chi connectivity index (χ3n) is 4.16. The highest BCUT2D eigenvalue weighted by molar-refractivity contribution is 7.22. The summed E-state index contributed by atoms with van der Waals surface area (Å²) in [6.07, 6.45) is 0. The number of hydrogen-bond donors (Lipinski definition) is 0. The van der Waals surface area contributed by atoms with Crippen LogP contribution < -0.4 is 4.90 Å². The quantitative estimate of drug-likeness (QED) is 0.455. The maximum absolute atomic E-state index is 13.2. The number of amides is 1. The Hall–Kier alpha value is -2.64. The summed E-state index contributed by atoms with van der Waals surface area (Å²) < 4.78 is 14.2. The van der Waals surface area contributed by atoms with Crippen LogP contribution in [0.3, 0.4) is 0 Å². The van der Waals surface area contributed by atoms with Crippen LogP contribution in [-0.2, 0) is 0 Å². The van der Waals surface area contributed by atoms with Gasteiger partial charge in [-0.3, -0.25) is 9.69 Å². The molecule has 4 nitrogen and oxygen atoms in total. The number of nitrogens with zero attached hydrogens (tertiary/aromatic N) is 3. The van der Waals surface area contributed by atoms with Crippen molar-refractivity contribution >= 4 is 43.9 Å². The molecule has 2 heterocycles. The van der Waals surface area contributed by atoms with Crippen LogP contribution in [0.25, 0.3) is 20.8 Å². The highest BCUT2D eigenvalue weighted by Crippen LogP contribution is 2.33. The normalized spacial score (nSPS) is 11.1. The van der Waals surface area contributed by atoms with Crippen molar-refractivity contribution in [2.45, 2.75) is 13.8 Å². The van der Waals surface area contributed by atoms with Gasteiger partial charge in [-0.05, 0) is 50.2 Å². The molecule has 2 aromatic heterocycles. The Kier molecular flexibility index (Phi) is 4.72. The third kappa shape index (κ3) is 3.36. The molecular weight excluding hydrogens is 381 g/mol. The van der Waals surface area contributed by atoms with E-state index in [-0.39, 0.29) is 11.7 Å². The van der Waals surface area contributed by atoms with E-state index in [2.05, 4.69) is 9.97 Å². The first-order valence-electron chi connectivity index (χ1n) is 8.47. The lowest BCUT2D eigenvalue weighted by molar-refractivity contribution is 0.0991. The van der Waals surface area contributed by atoms with Crippen LogP contribution in [0.15, 0.2) is 48.5 Å². The van der Waals surface area contributed by atoms with Crippen LogP contribution in [0.1, 0.15) is 22.3 Å². The molecule has 0 spiro atoms. The minimum atomic E-state index is -0.295. The van der Waals surface area contributed by atoms with Gasteiger partial charge < -0.3 is 0 Å². The van der Waals surface area contributed by atoms with Crippen LogP contribution in [0.2, 0.25) is 0 Å².